The minimum absolute atomic E-state index is 0.0459. The van der Waals surface area contributed by atoms with Crippen LogP contribution >= 0.6 is 23.2 Å². The number of nitrogens with zero attached hydrogens (tertiary/aromatic N) is 4. The zero-order valence-corrected chi connectivity index (χ0v) is 24.2. The Bertz CT molecular complexity index is 1210. The number of rotatable bonds is 6. The summed E-state index contributed by atoms with van der Waals surface area (Å²) in [6, 6.07) is 14.5. The first kappa shape index (κ1) is 28.2. The van der Waals surface area contributed by atoms with Crippen LogP contribution in [0.15, 0.2) is 42.5 Å². The van der Waals surface area contributed by atoms with Crippen LogP contribution in [0.4, 0.5) is 4.79 Å². The zero-order valence-electron chi connectivity index (χ0n) is 21.9. The molecule has 2 heterocycles. The van der Waals surface area contributed by atoms with Gasteiger partial charge >= 0.3 is 6.03 Å². The molecule has 2 fully saturated rings. The fraction of sp³-hybridized carbons (Fsp3) is 0.519. The molecule has 0 N–H and O–H groups in total. The normalized spacial score (nSPS) is 21.3. The number of sulfonamides is 1. The largest absolute Gasteiger partial charge is 0.322 e. The summed E-state index contributed by atoms with van der Waals surface area (Å²) in [6.45, 7) is 7.71. The highest BCUT2D eigenvalue weighted by Gasteiger charge is 2.40. The fourth-order valence-corrected chi connectivity index (χ4v) is 6.42. The predicted molar refractivity (Wildman–Crippen MR) is 150 cm³/mol. The SMILES string of the molecule is CC(C)c1ccc(CN(C)[C@H]2CN(C(=O)N3CCN(S(C)(=O)=O)CC3)C[C@@H]2c2ccc(Cl)c(Cl)c2)cc1. The van der Waals surface area contributed by atoms with Crippen molar-refractivity contribution >= 4 is 39.3 Å². The maximum Gasteiger partial charge on any atom is 0.320 e. The Morgan fingerprint density at radius 1 is 0.973 bits per heavy atom. The van der Waals surface area contributed by atoms with Crippen molar-refractivity contribution in [3.05, 3.63) is 69.2 Å². The molecule has 0 aliphatic carbocycles. The predicted octanol–water partition coefficient (Wildman–Crippen LogP) is 4.71. The molecule has 10 heteroatoms. The minimum Gasteiger partial charge on any atom is -0.322 e. The maximum atomic E-state index is 13.5. The van der Waals surface area contributed by atoms with Gasteiger partial charge in [0.1, 0.15) is 0 Å². The molecule has 0 saturated carbocycles. The van der Waals surface area contributed by atoms with Crippen LogP contribution in [0.25, 0.3) is 0 Å². The van der Waals surface area contributed by atoms with Gasteiger partial charge in [0.2, 0.25) is 10.0 Å². The second-order valence-corrected chi connectivity index (χ2v) is 13.3. The Morgan fingerprint density at radius 3 is 2.19 bits per heavy atom. The van der Waals surface area contributed by atoms with Crippen LogP contribution in [0.3, 0.4) is 0 Å². The average molecular weight is 568 g/mol. The van der Waals surface area contributed by atoms with Crippen LogP contribution in [0.5, 0.6) is 0 Å². The van der Waals surface area contributed by atoms with Crippen LogP contribution in [-0.2, 0) is 16.6 Å². The van der Waals surface area contributed by atoms with E-state index in [0.29, 0.717) is 55.2 Å². The molecule has 7 nitrogen and oxygen atoms in total. The molecular formula is C27H36Cl2N4O3S. The number of hydrogen-bond acceptors (Lipinski definition) is 4. The van der Waals surface area contributed by atoms with Crippen molar-refractivity contribution in [2.24, 2.45) is 0 Å². The van der Waals surface area contributed by atoms with E-state index in [2.05, 4.69) is 50.1 Å². The number of likely N-dealkylation sites (N-methyl/N-ethyl adjacent to an activating group) is 1. The molecule has 0 bridgehead atoms. The molecular weight excluding hydrogens is 531 g/mol. The van der Waals surface area contributed by atoms with E-state index in [0.717, 1.165) is 12.1 Å². The number of carbonyl (C=O) groups excluding carboxylic acids is 1. The van der Waals surface area contributed by atoms with Crippen molar-refractivity contribution < 1.29 is 13.2 Å². The first-order chi connectivity index (χ1) is 17.4. The molecule has 37 heavy (non-hydrogen) atoms. The van der Waals surface area contributed by atoms with Gasteiger partial charge in [-0.05, 0) is 41.8 Å². The van der Waals surface area contributed by atoms with E-state index in [1.807, 2.05) is 23.1 Å². The first-order valence-corrected chi connectivity index (χ1v) is 15.3. The van der Waals surface area contributed by atoms with Crippen molar-refractivity contribution in [3.8, 4) is 0 Å². The third kappa shape index (κ3) is 6.60. The van der Waals surface area contributed by atoms with E-state index in [4.69, 9.17) is 23.2 Å². The molecule has 2 saturated heterocycles. The molecule has 2 aliphatic heterocycles. The van der Waals surface area contributed by atoms with Crippen LogP contribution in [0, 0.1) is 0 Å². The Morgan fingerprint density at radius 2 is 1.62 bits per heavy atom. The Balaban J connectivity index is 1.52. The number of halogens is 2. The number of urea groups is 1. The van der Waals surface area contributed by atoms with Crippen LogP contribution in [0.2, 0.25) is 10.0 Å². The number of amides is 2. The molecule has 0 spiro atoms. The highest BCUT2D eigenvalue weighted by molar-refractivity contribution is 7.88. The van der Waals surface area contributed by atoms with Crippen LogP contribution < -0.4 is 0 Å². The van der Waals surface area contributed by atoms with Gasteiger partial charge in [-0.25, -0.2) is 13.2 Å². The molecule has 0 unspecified atom stereocenters. The Hall–Kier alpha value is -1.84. The summed E-state index contributed by atoms with van der Waals surface area (Å²) in [7, 11) is -1.15. The lowest BCUT2D eigenvalue weighted by atomic mass is 9.93. The van der Waals surface area contributed by atoms with Gasteiger partial charge in [0.05, 0.1) is 16.3 Å². The lowest BCUT2D eigenvalue weighted by Crippen LogP contribution is -2.53. The molecule has 202 valence electrons. The lowest BCUT2D eigenvalue weighted by molar-refractivity contribution is 0.138. The Kier molecular flexibility index (Phi) is 8.75. The molecule has 0 radical (unpaired) electrons. The van der Waals surface area contributed by atoms with Gasteiger partial charge in [0, 0.05) is 57.8 Å². The van der Waals surface area contributed by atoms with E-state index >= 15 is 0 Å². The number of benzene rings is 2. The van der Waals surface area contributed by atoms with Crippen molar-refractivity contribution in [1.29, 1.82) is 0 Å². The number of piperazine rings is 1. The number of likely N-dealkylation sites (tertiary alicyclic amines) is 1. The lowest BCUT2D eigenvalue weighted by Gasteiger charge is -2.35. The Labute approximate surface area is 231 Å². The number of carbonyl (C=O) groups is 1. The summed E-state index contributed by atoms with van der Waals surface area (Å²) in [5.41, 5.74) is 3.59. The van der Waals surface area contributed by atoms with Gasteiger partial charge in [-0.1, -0.05) is 67.4 Å². The van der Waals surface area contributed by atoms with Crippen molar-refractivity contribution in [1.82, 2.24) is 19.0 Å². The molecule has 0 aromatic heterocycles. The second kappa shape index (κ2) is 11.5. The topological polar surface area (TPSA) is 64.2 Å². The van der Waals surface area contributed by atoms with Gasteiger partial charge in [-0.3, -0.25) is 4.90 Å². The standard InChI is InChI=1S/C27H36Cl2N4O3S/c1-19(2)21-7-5-20(6-8-21)16-30(3)26-18-32(17-23(26)22-9-10-24(28)25(29)15-22)27(34)31-11-13-33(14-12-31)37(4,35)36/h5-10,15,19,23,26H,11-14,16-18H2,1-4H3/t23-,26+/m1/s1. The summed E-state index contributed by atoms with van der Waals surface area (Å²) in [5.74, 6) is 0.551. The highest BCUT2D eigenvalue weighted by atomic mass is 35.5. The highest BCUT2D eigenvalue weighted by Crippen LogP contribution is 2.35. The summed E-state index contributed by atoms with van der Waals surface area (Å²) < 4.78 is 25.2. The third-order valence-corrected chi connectivity index (χ3v) is 9.60. The van der Waals surface area contributed by atoms with E-state index in [-0.39, 0.29) is 18.0 Å². The van der Waals surface area contributed by atoms with E-state index in [1.54, 1.807) is 4.90 Å². The molecule has 2 atom stereocenters. The first-order valence-electron chi connectivity index (χ1n) is 12.7. The number of hydrogen-bond donors (Lipinski definition) is 0. The minimum atomic E-state index is -3.25. The van der Waals surface area contributed by atoms with Crippen molar-refractivity contribution in [2.75, 3.05) is 52.6 Å². The summed E-state index contributed by atoms with van der Waals surface area (Å²) in [6.07, 6.45) is 1.21. The summed E-state index contributed by atoms with van der Waals surface area (Å²) in [4.78, 5) is 19.5. The smallest absolute Gasteiger partial charge is 0.320 e. The van der Waals surface area contributed by atoms with Gasteiger partial charge in [0.15, 0.2) is 0 Å². The zero-order chi connectivity index (χ0) is 26.9. The molecule has 2 aromatic rings. The quantitative estimate of drug-likeness (QED) is 0.507. The average Bonchev–Trinajstić information content (AvgIpc) is 3.31. The van der Waals surface area contributed by atoms with E-state index in [1.165, 1.54) is 21.7 Å². The molecule has 4 rings (SSSR count). The van der Waals surface area contributed by atoms with Gasteiger partial charge < -0.3 is 9.80 Å². The van der Waals surface area contributed by atoms with Gasteiger partial charge in [-0.2, -0.15) is 4.31 Å². The van der Waals surface area contributed by atoms with Crippen molar-refractivity contribution in [3.63, 3.8) is 0 Å². The maximum absolute atomic E-state index is 13.5. The van der Waals surface area contributed by atoms with Gasteiger partial charge in [-0.15, -0.1) is 0 Å². The fourth-order valence-electron chi connectivity index (χ4n) is 5.28. The monoisotopic (exact) mass is 566 g/mol. The van der Waals surface area contributed by atoms with Crippen molar-refractivity contribution in [2.45, 2.75) is 38.3 Å². The molecule has 2 aromatic carbocycles. The summed E-state index contributed by atoms with van der Waals surface area (Å²) >= 11 is 12.6. The van der Waals surface area contributed by atoms with Crippen LogP contribution in [-0.4, -0.2) is 92.1 Å². The third-order valence-electron chi connectivity index (χ3n) is 7.55. The van der Waals surface area contributed by atoms with E-state index in [9.17, 15) is 13.2 Å². The summed E-state index contributed by atoms with van der Waals surface area (Å²) in [5, 5.41) is 1.02. The second-order valence-electron chi connectivity index (χ2n) is 10.5. The molecule has 2 amide bonds. The van der Waals surface area contributed by atoms with Gasteiger partial charge in [0.25, 0.3) is 0 Å². The molecule has 2 aliphatic rings. The van der Waals surface area contributed by atoms with E-state index < -0.39 is 10.0 Å². The van der Waals surface area contributed by atoms with Crippen LogP contribution in [0.1, 0.15) is 42.4 Å².